The number of hydrogen-bond donors (Lipinski definition) is 0. The Bertz CT molecular complexity index is 378. The van der Waals surface area contributed by atoms with E-state index in [2.05, 4.69) is 4.74 Å². The Balaban J connectivity index is 2.48. The normalized spacial score (nSPS) is 38.3. The molecule has 5 nitrogen and oxygen atoms in total. The van der Waals surface area contributed by atoms with E-state index in [0.29, 0.717) is 25.9 Å². The molecule has 2 heterocycles. The van der Waals surface area contributed by atoms with Crippen LogP contribution >= 0.6 is 0 Å². The van der Waals surface area contributed by atoms with Crippen molar-refractivity contribution < 1.29 is 17.9 Å². The third kappa shape index (κ3) is 1.31. The number of fused-ring (bicyclic) bond motifs is 2. The molecule has 2 fully saturated rings. The highest BCUT2D eigenvalue weighted by Crippen LogP contribution is 2.40. The third-order valence-electron chi connectivity index (χ3n) is 3.39. The molecule has 2 atom stereocenters. The van der Waals surface area contributed by atoms with Gasteiger partial charge in [-0.15, -0.1) is 0 Å². The molecule has 15 heavy (non-hydrogen) atoms. The summed E-state index contributed by atoms with van der Waals surface area (Å²) in [4.78, 5) is 11.7. The molecule has 0 saturated carbocycles. The first-order valence-corrected chi connectivity index (χ1v) is 6.57. The van der Waals surface area contributed by atoms with Gasteiger partial charge in [0.2, 0.25) is 10.0 Å². The third-order valence-corrected chi connectivity index (χ3v) is 6.00. The van der Waals surface area contributed by atoms with E-state index in [0.717, 1.165) is 12.8 Å². The van der Waals surface area contributed by atoms with Gasteiger partial charge in [0.25, 0.3) is 0 Å². The zero-order valence-electron chi connectivity index (χ0n) is 8.73. The lowest BCUT2D eigenvalue weighted by atomic mass is 9.96. The summed E-state index contributed by atoms with van der Waals surface area (Å²) in [5, 5.41) is 0. The molecular formula is C9H15NO4S. The summed E-state index contributed by atoms with van der Waals surface area (Å²) >= 11 is 0. The molecule has 0 aromatic rings. The fraction of sp³-hybridized carbons (Fsp3) is 0.889. The molecule has 2 rings (SSSR count). The van der Waals surface area contributed by atoms with Gasteiger partial charge in [-0.3, -0.25) is 4.79 Å². The minimum atomic E-state index is -3.48. The molecule has 2 saturated heterocycles. The van der Waals surface area contributed by atoms with Crippen molar-refractivity contribution in [2.24, 2.45) is 0 Å². The Morgan fingerprint density at radius 2 is 2.00 bits per heavy atom. The number of esters is 1. The lowest BCUT2D eigenvalue weighted by Gasteiger charge is -2.23. The van der Waals surface area contributed by atoms with Crippen LogP contribution < -0.4 is 0 Å². The van der Waals surface area contributed by atoms with Crippen molar-refractivity contribution in [3.8, 4) is 0 Å². The molecule has 2 bridgehead atoms. The van der Waals surface area contributed by atoms with Gasteiger partial charge in [0.1, 0.15) is 0 Å². The van der Waals surface area contributed by atoms with Crippen molar-refractivity contribution in [2.75, 3.05) is 20.2 Å². The molecule has 0 radical (unpaired) electrons. The van der Waals surface area contributed by atoms with E-state index in [9.17, 15) is 13.2 Å². The molecule has 0 aromatic carbocycles. The van der Waals surface area contributed by atoms with E-state index in [-0.39, 0.29) is 0 Å². The van der Waals surface area contributed by atoms with Gasteiger partial charge in [0, 0.05) is 13.1 Å². The Hall–Kier alpha value is -0.620. The average Bonchev–Trinajstić information content (AvgIpc) is 2.32. The quantitative estimate of drug-likeness (QED) is 0.603. The monoisotopic (exact) mass is 233 g/mol. The first-order chi connectivity index (χ1) is 7.04. The van der Waals surface area contributed by atoms with Gasteiger partial charge in [0.05, 0.1) is 7.11 Å². The van der Waals surface area contributed by atoms with Gasteiger partial charge in [-0.05, 0) is 25.7 Å². The highest BCUT2D eigenvalue weighted by Gasteiger charge is 2.59. The van der Waals surface area contributed by atoms with Crippen LogP contribution in [0.4, 0.5) is 0 Å². The smallest absolute Gasteiger partial charge is 0.328 e. The molecule has 0 aromatic heterocycles. The summed E-state index contributed by atoms with van der Waals surface area (Å²) in [5.74, 6) is -0.591. The maximum atomic E-state index is 12.1. The van der Waals surface area contributed by atoms with E-state index in [1.165, 1.54) is 11.4 Å². The standard InChI is InChI=1S/C9H15NO4S/c1-14-8(11)9-4-2-3-6-10(7-5-9)15(9,12)13/h2-7H2,1H3. The molecule has 0 spiro atoms. The van der Waals surface area contributed by atoms with Crippen LogP contribution in [0.25, 0.3) is 0 Å². The number of ether oxygens (including phenoxy) is 1. The minimum absolute atomic E-state index is 0.377. The minimum Gasteiger partial charge on any atom is -0.468 e. The van der Waals surface area contributed by atoms with Gasteiger partial charge >= 0.3 is 5.97 Å². The maximum Gasteiger partial charge on any atom is 0.328 e. The maximum absolute atomic E-state index is 12.1. The number of hydrogen-bond acceptors (Lipinski definition) is 4. The summed E-state index contributed by atoms with van der Waals surface area (Å²) < 4.78 is 29.1. The summed E-state index contributed by atoms with van der Waals surface area (Å²) in [6.45, 7) is 0.999. The molecule has 2 aliphatic rings. The Labute approximate surface area is 89.4 Å². The van der Waals surface area contributed by atoms with Crippen LogP contribution in [0.15, 0.2) is 0 Å². The van der Waals surface area contributed by atoms with Crippen LogP contribution in [-0.4, -0.2) is 43.6 Å². The largest absolute Gasteiger partial charge is 0.468 e. The lowest BCUT2D eigenvalue weighted by molar-refractivity contribution is -0.144. The van der Waals surface area contributed by atoms with E-state index < -0.39 is 20.7 Å². The van der Waals surface area contributed by atoms with E-state index in [1.807, 2.05) is 0 Å². The van der Waals surface area contributed by atoms with Gasteiger partial charge in [-0.1, -0.05) is 0 Å². The van der Waals surface area contributed by atoms with Crippen LogP contribution in [0.3, 0.4) is 0 Å². The molecule has 2 unspecified atom stereocenters. The van der Waals surface area contributed by atoms with Crippen molar-refractivity contribution >= 4 is 16.0 Å². The number of methoxy groups -OCH3 is 1. The van der Waals surface area contributed by atoms with Gasteiger partial charge in [0.15, 0.2) is 4.75 Å². The second-order valence-corrected chi connectivity index (χ2v) is 6.35. The van der Waals surface area contributed by atoms with E-state index in [4.69, 9.17) is 0 Å². The van der Waals surface area contributed by atoms with Gasteiger partial charge in [-0.25, -0.2) is 12.7 Å². The molecule has 86 valence electrons. The number of rotatable bonds is 1. The SMILES string of the molecule is COC(=O)C12CCCCN(CC1)S2(=O)=O. The first-order valence-electron chi connectivity index (χ1n) is 5.13. The molecule has 0 aliphatic carbocycles. The number of nitrogens with zero attached hydrogens (tertiary/aromatic N) is 1. The Morgan fingerprint density at radius 3 is 2.67 bits per heavy atom. The zero-order chi connectivity index (χ0) is 11.1. The fourth-order valence-electron chi connectivity index (χ4n) is 2.48. The summed E-state index contributed by atoms with van der Waals surface area (Å²) in [6, 6.07) is 0. The molecular weight excluding hydrogens is 218 g/mol. The molecule has 2 aliphatic heterocycles. The second kappa shape index (κ2) is 3.45. The van der Waals surface area contributed by atoms with Gasteiger partial charge < -0.3 is 4.74 Å². The topological polar surface area (TPSA) is 63.7 Å². The van der Waals surface area contributed by atoms with Crippen LogP contribution in [0.5, 0.6) is 0 Å². The first kappa shape index (κ1) is 10.9. The number of sulfonamides is 1. The average molecular weight is 233 g/mol. The second-order valence-electron chi connectivity index (χ2n) is 4.10. The highest BCUT2D eigenvalue weighted by molar-refractivity contribution is 7.91. The van der Waals surface area contributed by atoms with Crippen molar-refractivity contribution in [3.05, 3.63) is 0 Å². The summed E-state index contributed by atoms with van der Waals surface area (Å²) in [6.07, 6.45) is 2.38. The molecule has 6 heteroatoms. The fourth-order valence-corrected chi connectivity index (χ4v) is 4.72. The lowest BCUT2D eigenvalue weighted by Crippen LogP contribution is -2.45. The van der Waals surface area contributed by atoms with Crippen LogP contribution in [-0.2, 0) is 19.6 Å². The van der Waals surface area contributed by atoms with Crippen molar-refractivity contribution in [2.45, 2.75) is 30.4 Å². The van der Waals surface area contributed by atoms with Crippen molar-refractivity contribution in [3.63, 3.8) is 0 Å². The van der Waals surface area contributed by atoms with E-state index >= 15 is 0 Å². The van der Waals surface area contributed by atoms with Crippen molar-refractivity contribution in [1.29, 1.82) is 0 Å². The Morgan fingerprint density at radius 1 is 1.27 bits per heavy atom. The van der Waals surface area contributed by atoms with Crippen LogP contribution in [0, 0.1) is 0 Å². The summed E-state index contributed by atoms with van der Waals surface area (Å²) in [7, 11) is -2.23. The number of carbonyl (C=O) groups excluding carboxylic acids is 1. The van der Waals surface area contributed by atoms with Crippen LogP contribution in [0.1, 0.15) is 25.7 Å². The molecule has 0 N–H and O–H groups in total. The predicted molar refractivity (Wildman–Crippen MR) is 53.7 cm³/mol. The molecule has 0 amide bonds. The highest BCUT2D eigenvalue weighted by atomic mass is 32.2. The number of carbonyl (C=O) groups is 1. The Kier molecular flexibility index (Phi) is 2.50. The van der Waals surface area contributed by atoms with E-state index in [1.54, 1.807) is 0 Å². The van der Waals surface area contributed by atoms with Crippen LogP contribution in [0.2, 0.25) is 0 Å². The van der Waals surface area contributed by atoms with Gasteiger partial charge in [-0.2, -0.15) is 0 Å². The predicted octanol–water partition coefficient (Wildman–Crippen LogP) is 0.118. The summed E-state index contributed by atoms with van der Waals surface area (Å²) in [5.41, 5.74) is 0. The van der Waals surface area contributed by atoms with Crippen molar-refractivity contribution in [1.82, 2.24) is 4.31 Å². The zero-order valence-corrected chi connectivity index (χ0v) is 9.55.